The van der Waals surface area contributed by atoms with Crippen LogP contribution in [0.2, 0.25) is 0 Å². The van der Waals surface area contributed by atoms with Crippen LogP contribution in [-0.4, -0.2) is 42.2 Å². The van der Waals surface area contributed by atoms with E-state index in [1.807, 2.05) is 26.8 Å². The van der Waals surface area contributed by atoms with Crippen LogP contribution in [0, 0.1) is 0 Å². The lowest BCUT2D eigenvalue weighted by atomic mass is 10.1. The fraction of sp³-hybridized carbons (Fsp3) is 0.769. The highest BCUT2D eigenvalue weighted by Gasteiger charge is 2.17. The van der Waals surface area contributed by atoms with Gasteiger partial charge in [-0.25, -0.2) is 4.39 Å². The third kappa shape index (κ3) is 6.41. The van der Waals surface area contributed by atoms with Crippen LogP contribution in [0.1, 0.15) is 33.6 Å². The van der Waals surface area contributed by atoms with Crippen LogP contribution in [0.4, 0.5) is 4.39 Å². The molecule has 1 heterocycles. The summed E-state index contributed by atoms with van der Waals surface area (Å²) >= 11 is 0. The van der Waals surface area contributed by atoms with Crippen molar-refractivity contribution >= 4 is 5.91 Å². The number of carbonyl (C=O) groups is 1. The maximum atomic E-state index is 12.9. The molecule has 0 aromatic rings. The zero-order valence-corrected chi connectivity index (χ0v) is 11.0. The molecule has 0 aromatic heterocycles. The second-order valence-corrected chi connectivity index (χ2v) is 5.62. The van der Waals surface area contributed by atoms with Gasteiger partial charge in [-0.3, -0.25) is 9.69 Å². The number of hydrogen-bond donors (Lipinski definition) is 1. The molecule has 1 rings (SSSR count). The third-order valence-electron chi connectivity index (χ3n) is 2.65. The van der Waals surface area contributed by atoms with Gasteiger partial charge in [-0.15, -0.1) is 0 Å². The summed E-state index contributed by atoms with van der Waals surface area (Å²) in [4.78, 5) is 13.6. The lowest BCUT2D eigenvalue weighted by Crippen LogP contribution is -2.39. The summed E-state index contributed by atoms with van der Waals surface area (Å²) in [5, 5.41) is 2.86. The lowest BCUT2D eigenvalue weighted by Gasteiger charge is -2.27. The van der Waals surface area contributed by atoms with Crippen molar-refractivity contribution < 1.29 is 9.18 Å². The Morgan fingerprint density at radius 1 is 1.41 bits per heavy atom. The second kappa shape index (κ2) is 6.15. The van der Waals surface area contributed by atoms with Gasteiger partial charge in [-0.05, 0) is 33.6 Å². The molecule has 0 bridgehead atoms. The van der Waals surface area contributed by atoms with Gasteiger partial charge in [-0.2, -0.15) is 0 Å². The summed E-state index contributed by atoms with van der Waals surface area (Å²) in [5.41, 5.74) is -0.200. The van der Waals surface area contributed by atoms with E-state index >= 15 is 0 Å². The highest BCUT2D eigenvalue weighted by molar-refractivity contribution is 5.87. The first-order chi connectivity index (χ1) is 7.87. The Morgan fingerprint density at radius 3 is 2.53 bits per heavy atom. The molecule has 0 spiro atoms. The normalized spacial score (nSPS) is 19.8. The molecule has 0 unspecified atom stereocenters. The standard InChI is InChI=1S/C13H23FN2O/c1-13(2,3)15-12(17)5-4-8-16-9-6-11(14)7-10-16/h4-5,11H,6-10H2,1-3H3,(H,15,17)/b5-4+. The van der Waals surface area contributed by atoms with Gasteiger partial charge in [0, 0.05) is 31.2 Å². The molecule has 17 heavy (non-hydrogen) atoms. The molecule has 4 heteroatoms. The third-order valence-corrected chi connectivity index (χ3v) is 2.65. The van der Waals surface area contributed by atoms with Gasteiger partial charge in [0.1, 0.15) is 6.17 Å². The van der Waals surface area contributed by atoms with Crippen molar-refractivity contribution in [3.05, 3.63) is 12.2 Å². The first kappa shape index (κ1) is 14.2. The van der Waals surface area contributed by atoms with Crippen molar-refractivity contribution in [3.8, 4) is 0 Å². The van der Waals surface area contributed by atoms with Crippen molar-refractivity contribution in [2.24, 2.45) is 0 Å². The van der Waals surface area contributed by atoms with Gasteiger partial charge in [-0.1, -0.05) is 6.08 Å². The number of alkyl halides is 1. The SMILES string of the molecule is CC(C)(C)NC(=O)/C=C/CN1CCC(F)CC1. The van der Waals surface area contributed by atoms with E-state index in [0.29, 0.717) is 12.8 Å². The van der Waals surface area contributed by atoms with Gasteiger partial charge in [0.05, 0.1) is 0 Å². The van der Waals surface area contributed by atoms with Crippen molar-refractivity contribution in [1.29, 1.82) is 0 Å². The van der Waals surface area contributed by atoms with E-state index in [9.17, 15) is 9.18 Å². The maximum Gasteiger partial charge on any atom is 0.244 e. The van der Waals surface area contributed by atoms with Crippen LogP contribution >= 0.6 is 0 Å². The molecular formula is C13H23FN2O. The molecular weight excluding hydrogens is 219 g/mol. The monoisotopic (exact) mass is 242 g/mol. The number of nitrogens with zero attached hydrogens (tertiary/aromatic N) is 1. The molecule has 0 saturated carbocycles. The lowest BCUT2D eigenvalue weighted by molar-refractivity contribution is -0.117. The number of halogens is 1. The van der Waals surface area contributed by atoms with Crippen LogP contribution in [0.5, 0.6) is 0 Å². The van der Waals surface area contributed by atoms with E-state index in [0.717, 1.165) is 19.6 Å². The number of likely N-dealkylation sites (tertiary alicyclic amines) is 1. The van der Waals surface area contributed by atoms with E-state index in [2.05, 4.69) is 10.2 Å². The molecule has 1 aliphatic heterocycles. The average molecular weight is 242 g/mol. The molecule has 1 fully saturated rings. The van der Waals surface area contributed by atoms with Gasteiger partial charge in [0.15, 0.2) is 0 Å². The van der Waals surface area contributed by atoms with E-state index in [-0.39, 0.29) is 11.4 Å². The highest BCUT2D eigenvalue weighted by Crippen LogP contribution is 2.12. The van der Waals surface area contributed by atoms with Crippen LogP contribution in [0.3, 0.4) is 0 Å². The van der Waals surface area contributed by atoms with Crippen molar-refractivity contribution in [2.75, 3.05) is 19.6 Å². The number of hydrogen-bond acceptors (Lipinski definition) is 2. The first-order valence-electron chi connectivity index (χ1n) is 6.22. The molecule has 1 saturated heterocycles. The first-order valence-corrected chi connectivity index (χ1v) is 6.22. The minimum Gasteiger partial charge on any atom is -0.348 e. The number of carbonyl (C=O) groups excluding carboxylic acids is 1. The predicted octanol–water partition coefficient (Wildman–Crippen LogP) is 1.89. The topological polar surface area (TPSA) is 32.3 Å². The number of amides is 1. The molecule has 0 aliphatic carbocycles. The Hall–Kier alpha value is -0.900. The van der Waals surface area contributed by atoms with E-state index in [4.69, 9.17) is 0 Å². The molecule has 0 radical (unpaired) electrons. The summed E-state index contributed by atoms with van der Waals surface area (Å²) in [5.74, 6) is -0.0714. The molecule has 1 aliphatic rings. The minimum absolute atomic E-state index is 0.0714. The zero-order chi connectivity index (χ0) is 12.9. The molecule has 0 atom stereocenters. The number of nitrogens with one attached hydrogen (secondary N) is 1. The predicted molar refractivity (Wildman–Crippen MR) is 67.6 cm³/mol. The summed E-state index contributed by atoms with van der Waals surface area (Å²) in [6.07, 6.45) is 4.00. The summed E-state index contributed by atoms with van der Waals surface area (Å²) in [7, 11) is 0. The molecule has 98 valence electrons. The Labute approximate surface area is 103 Å². The van der Waals surface area contributed by atoms with E-state index in [1.54, 1.807) is 6.08 Å². The molecule has 1 amide bonds. The van der Waals surface area contributed by atoms with Crippen LogP contribution < -0.4 is 5.32 Å². The molecule has 0 aromatic carbocycles. The smallest absolute Gasteiger partial charge is 0.244 e. The van der Waals surface area contributed by atoms with Crippen molar-refractivity contribution in [1.82, 2.24) is 10.2 Å². The quantitative estimate of drug-likeness (QED) is 0.767. The van der Waals surface area contributed by atoms with E-state index in [1.165, 1.54) is 0 Å². The Kier molecular flexibility index (Phi) is 5.12. The Balaban J connectivity index is 2.23. The van der Waals surface area contributed by atoms with Crippen LogP contribution in [-0.2, 0) is 4.79 Å². The van der Waals surface area contributed by atoms with E-state index < -0.39 is 6.17 Å². The van der Waals surface area contributed by atoms with Gasteiger partial charge < -0.3 is 5.32 Å². The van der Waals surface area contributed by atoms with Gasteiger partial charge in [0.25, 0.3) is 0 Å². The maximum absolute atomic E-state index is 12.9. The number of rotatable bonds is 3. The summed E-state index contributed by atoms with van der Waals surface area (Å²) < 4.78 is 12.9. The minimum atomic E-state index is -0.639. The molecule has 1 N–H and O–H groups in total. The van der Waals surface area contributed by atoms with Crippen LogP contribution in [0.25, 0.3) is 0 Å². The fourth-order valence-electron chi connectivity index (χ4n) is 1.80. The van der Waals surface area contributed by atoms with Gasteiger partial charge in [0.2, 0.25) is 5.91 Å². The molecule has 3 nitrogen and oxygen atoms in total. The summed E-state index contributed by atoms with van der Waals surface area (Å²) in [6, 6.07) is 0. The highest BCUT2D eigenvalue weighted by atomic mass is 19.1. The largest absolute Gasteiger partial charge is 0.348 e. The average Bonchev–Trinajstić information content (AvgIpc) is 2.18. The number of piperidine rings is 1. The summed E-state index contributed by atoms with van der Waals surface area (Å²) in [6.45, 7) is 8.14. The van der Waals surface area contributed by atoms with Crippen molar-refractivity contribution in [2.45, 2.75) is 45.3 Å². The van der Waals surface area contributed by atoms with Crippen molar-refractivity contribution in [3.63, 3.8) is 0 Å². The Bertz CT molecular complexity index is 276. The zero-order valence-electron chi connectivity index (χ0n) is 11.0. The van der Waals surface area contributed by atoms with Gasteiger partial charge >= 0.3 is 0 Å². The fourth-order valence-corrected chi connectivity index (χ4v) is 1.80. The Morgan fingerprint density at radius 2 is 2.00 bits per heavy atom. The second-order valence-electron chi connectivity index (χ2n) is 5.62. The van der Waals surface area contributed by atoms with Crippen LogP contribution in [0.15, 0.2) is 12.2 Å².